The van der Waals surface area contributed by atoms with Crippen molar-refractivity contribution in [2.45, 2.75) is 24.9 Å². The van der Waals surface area contributed by atoms with Gasteiger partial charge >= 0.3 is 0 Å². The minimum Gasteiger partial charge on any atom is -0.304 e. The number of halogens is 1. The molecule has 1 aliphatic rings. The number of rotatable bonds is 5. The number of piperazine rings is 1. The summed E-state index contributed by atoms with van der Waals surface area (Å²) in [6.07, 6.45) is 2.04. The molecule has 4 nitrogen and oxygen atoms in total. The first-order chi connectivity index (χ1) is 9.58. The van der Waals surface area contributed by atoms with Crippen molar-refractivity contribution in [2.75, 3.05) is 33.7 Å². The molecule has 1 aromatic rings. The summed E-state index contributed by atoms with van der Waals surface area (Å²) in [5.41, 5.74) is 4.31. The molecule has 1 heterocycles. The number of hydrogen-bond donors (Lipinski definition) is 2. The van der Waals surface area contributed by atoms with E-state index in [1.165, 1.54) is 5.56 Å². The molecule has 2 unspecified atom stereocenters. The van der Waals surface area contributed by atoms with Crippen LogP contribution in [0.4, 0.5) is 0 Å². The molecule has 0 radical (unpaired) electrons. The first kappa shape index (κ1) is 15.9. The van der Waals surface area contributed by atoms with E-state index >= 15 is 0 Å². The number of likely N-dealkylation sites (N-methyl/N-ethyl adjacent to an activating group) is 2. The number of benzene rings is 1. The smallest absolute Gasteiger partial charge is 0.0266 e. The van der Waals surface area contributed by atoms with Crippen LogP contribution in [-0.2, 0) is 6.42 Å². The Labute approximate surface area is 130 Å². The Balaban J connectivity index is 1.94. The van der Waals surface area contributed by atoms with Gasteiger partial charge in [0.15, 0.2) is 0 Å². The van der Waals surface area contributed by atoms with Gasteiger partial charge in [-0.3, -0.25) is 11.3 Å². The molecule has 0 aromatic heterocycles. The number of nitrogens with one attached hydrogen (secondary N) is 1. The van der Waals surface area contributed by atoms with Crippen LogP contribution < -0.4 is 11.3 Å². The van der Waals surface area contributed by atoms with Crippen LogP contribution in [0.25, 0.3) is 0 Å². The van der Waals surface area contributed by atoms with Crippen molar-refractivity contribution >= 4 is 15.9 Å². The summed E-state index contributed by atoms with van der Waals surface area (Å²) in [6, 6.07) is 9.34. The van der Waals surface area contributed by atoms with Gasteiger partial charge in [-0.05, 0) is 44.6 Å². The van der Waals surface area contributed by atoms with E-state index in [2.05, 4.69) is 69.5 Å². The lowest BCUT2D eigenvalue weighted by atomic mass is 9.98. The van der Waals surface area contributed by atoms with Crippen LogP contribution in [-0.4, -0.2) is 55.6 Å². The fraction of sp³-hybridized carbons (Fsp3) is 0.600. The summed E-state index contributed by atoms with van der Waals surface area (Å²) in [4.78, 5) is 4.85. The summed E-state index contributed by atoms with van der Waals surface area (Å²) in [5, 5.41) is 0. The average molecular weight is 341 g/mol. The maximum atomic E-state index is 5.76. The maximum Gasteiger partial charge on any atom is 0.0266 e. The van der Waals surface area contributed by atoms with Gasteiger partial charge in [0.2, 0.25) is 0 Å². The third-order valence-electron chi connectivity index (χ3n) is 4.14. The van der Waals surface area contributed by atoms with Crippen molar-refractivity contribution in [3.05, 3.63) is 34.3 Å². The Kier molecular flexibility index (Phi) is 5.99. The molecule has 112 valence electrons. The molecule has 20 heavy (non-hydrogen) atoms. The largest absolute Gasteiger partial charge is 0.304 e. The molecule has 0 spiro atoms. The second kappa shape index (κ2) is 7.52. The van der Waals surface area contributed by atoms with Crippen molar-refractivity contribution in [1.29, 1.82) is 0 Å². The zero-order valence-electron chi connectivity index (χ0n) is 12.3. The van der Waals surface area contributed by atoms with Crippen molar-refractivity contribution in [1.82, 2.24) is 15.2 Å². The number of nitrogens with zero attached hydrogens (tertiary/aromatic N) is 2. The first-order valence-corrected chi connectivity index (χ1v) is 7.97. The third kappa shape index (κ3) is 4.53. The van der Waals surface area contributed by atoms with Gasteiger partial charge in [0.1, 0.15) is 0 Å². The minimum atomic E-state index is 0.309. The van der Waals surface area contributed by atoms with E-state index in [-0.39, 0.29) is 0 Å². The number of nitrogens with two attached hydrogens (primary N) is 1. The van der Waals surface area contributed by atoms with Crippen molar-refractivity contribution in [2.24, 2.45) is 5.84 Å². The van der Waals surface area contributed by atoms with E-state index in [9.17, 15) is 0 Å². The van der Waals surface area contributed by atoms with Gasteiger partial charge in [-0.1, -0.05) is 28.1 Å². The Morgan fingerprint density at radius 1 is 1.40 bits per heavy atom. The predicted octanol–water partition coefficient (Wildman–Crippen LogP) is 1.46. The van der Waals surface area contributed by atoms with Gasteiger partial charge in [-0.2, -0.15) is 0 Å². The molecule has 1 aromatic carbocycles. The van der Waals surface area contributed by atoms with Crippen LogP contribution in [0.2, 0.25) is 0 Å². The zero-order valence-corrected chi connectivity index (χ0v) is 13.9. The van der Waals surface area contributed by atoms with E-state index in [0.29, 0.717) is 12.1 Å². The highest BCUT2D eigenvalue weighted by molar-refractivity contribution is 9.10. The molecule has 0 bridgehead atoms. The summed E-state index contributed by atoms with van der Waals surface area (Å²) in [6.45, 7) is 3.40. The van der Waals surface area contributed by atoms with Crippen LogP contribution in [0, 0.1) is 0 Å². The Morgan fingerprint density at radius 3 is 2.90 bits per heavy atom. The normalized spacial score (nSPS) is 22.9. The molecular weight excluding hydrogens is 316 g/mol. The Morgan fingerprint density at radius 2 is 2.20 bits per heavy atom. The summed E-state index contributed by atoms with van der Waals surface area (Å²) < 4.78 is 1.13. The quantitative estimate of drug-likeness (QED) is 0.629. The Bertz CT molecular complexity index is 426. The van der Waals surface area contributed by atoms with Gasteiger partial charge in [-0.15, -0.1) is 0 Å². The highest BCUT2D eigenvalue weighted by atomic mass is 79.9. The monoisotopic (exact) mass is 340 g/mol. The lowest BCUT2D eigenvalue weighted by molar-refractivity contribution is 0.101. The molecule has 1 saturated heterocycles. The van der Waals surface area contributed by atoms with Crippen LogP contribution in [0.3, 0.4) is 0 Å². The van der Waals surface area contributed by atoms with E-state index in [1.54, 1.807) is 0 Å². The third-order valence-corrected chi connectivity index (χ3v) is 4.64. The van der Waals surface area contributed by atoms with Crippen molar-refractivity contribution < 1.29 is 0 Å². The molecule has 3 N–H and O–H groups in total. The molecule has 0 amide bonds. The molecule has 5 heteroatoms. The second-order valence-corrected chi connectivity index (χ2v) is 6.75. The number of hydrogen-bond acceptors (Lipinski definition) is 4. The minimum absolute atomic E-state index is 0.309. The molecule has 1 aliphatic heterocycles. The molecule has 2 rings (SSSR count). The van der Waals surface area contributed by atoms with Gasteiger partial charge in [-0.25, -0.2) is 0 Å². The zero-order chi connectivity index (χ0) is 14.5. The highest BCUT2D eigenvalue weighted by Crippen LogP contribution is 2.17. The van der Waals surface area contributed by atoms with Crippen LogP contribution in [0.15, 0.2) is 28.7 Å². The van der Waals surface area contributed by atoms with E-state index in [0.717, 1.165) is 36.9 Å². The maximum absolute atomic E-state index is 5.76. The fourth-order valence-electron chi connectivity index (χ4n) is 2.84. The second-order valence-electron chi connectivity index (χ2n) is 5.83. The van der Waals surface area contributed by atoms with Gasteiger partial charge in [0.25, 0.3) is 0 Å². The predicted molar refractivity (Wildman–Crippen MR) is 87.5 cm³/mol. The van der Waals surface area contributed by atoms with E-state index in [4.69, 9.17) is 5.84 Å². The van der Waals surface area contributed by atoms with Gasteiger partial charge < -0.3 is 9.80 Å². The summed E-state index contributed by atoms with van der Waals surface area (Å²) >= 11 is 3.52. The van der Waals surface area contributed by atoms with Crippen LogP contribution in [0.1, 0.15) is 12.0 Å². The number of hydrazine groups is 1. The lowest BCUT2D eigenvalue weighted by Gasteiger charge is -2.39. The molecule has 1 fully saturated rings. The van der Waals surface area contributed by atoms with Crippen LogP contribution in [0.5, 0.6) is 0 Å². The van der Waals surface area contributed by atoms with Crippen molar-refractivity contribution in [3.8, 4) is 0 Å². The van der Waals surface area contributed by atoms with E-state index in [1.807, 2.05) is 0 Å². The topological polar surface area (TPSA) is 44.5 Å². The fourth-order valence-corrected chi connectivity index (χ4v) is 3.29. The van der Waals surface area contributed by atoms with Crippen LogP contribution >= 0.6 is 15.9 Å². The Hall–Kier alpha value is -0.460. The standard InChI is InChI=1S/C15H25BrN4/c1-19-6-7-20(2)15(11-19)10-14(18-17)9-12-4-3-5-13(16)8-12/h3-5,8,14-15,18H,6-7,9-11,17H2,1-2H3. The molecule has 2 atom stereocenters. The summed E-state index contributed by atoms with van der Waals surface area (Å²) in [5.74, 6) is 5.76. The van der Waals surface area contributed by atoms with Crippen molar-refractivity contribution in [3.63, 3.8) is 0 Å². The average Bonchev–Trinajstić information content (AvgIpc) is 2.42. The SMILES string of the molecule is CN1CCN(C)C(CC(Cc2cccc(Br)c2)NN)C1. The van der Waals surface area contributed by atoms with Gasteiger partial charge in [0.05, 0.1) is 0 Å². The molecule has 0 aliphatic carbocycles. The summed E-state index contributed by atoms with van der Waals surface area (Å²) in [7, 11) is 4.41. The highest BCUT2D eigenvalue weighted by Gasteiger charge is 2.24. The van der Waals surface area contributed by atoms with Gasteiger partial charge in [0, 0.05) is 36.2 Å². The van der Waals surface area contributed by atoms with E-state index < -0.39 is 0 Å². The molecule has 0 saturated carbocycles. The first-order valence-electron chi connectivity index (χ1n) is 7.18. The molecular formula is C15H25BrN4. The lowest BCUT2D eigenvalue weighted by Crippen LogP contribution is -2.53.